The fraction of sp³-hybridized carbons (Fsp3) is 0.263. The highest BCUT2D eigenvalue weighted by atomic mass is 16.4. The molecule has 0 aliphatic rings. The topological polar surface area (TPSA) is 166 Å². The van der Waals surface area contributed by atoms with Crippen molar-refractivity contribution >= 4 is 28.7 Å². The van der Waals surface area contributed by atoms with Crippen molar-refractivity contribution < 1.29 is 19.5 Å². The molecule has 0 fully saturated rings. The van der Waals surface area contributed by atoms with Gasteiger partial charge in [0.05, 0.1) is 18.9 Å². The molecule has 10 nitrogen and oxygen atoms in total. The number of carbonyl (C=O) groups is 3. The van der Waals surface area contributed by atoms with Crippen molar-refractivity contribution in [3.05, 3.63) is 54.2 Å². The van der Waals surface area contributed by atoms with E-state index >= 15 is 0 Å². The molecule has 10 heteroatoms. The molecule has 0 aliphatic carbocycles. The normalized spacial score (nSPS) is 13.0. The van der Waals surface area contributed by atoms with Crippen molar-refractivity contribution in [2.45, 2.75) is 24.9 Å². The first-order valence-electron chi connectivity index (χ1n) is 9.01. The predicted octanol–water partition coefficient (Wildman–Crippen LogP) is -0.311. The highest BCUT2D eigenvalue weighted by Gasteiger charge is 2.22. The fourth-order valence-corrected chi connectivity index (χ4v) is 2.99. The molecule has 2 aromatic heterocycles. The zero-order chi connectivity index (χ0) is 20.8. The molecule has 2 heterocycles. The zero-order valence-electron chi connectivity index (χ0n) is 15.5. The first-order chi connectivity index (χ1) is 13.9. The Balaban J connectivity index is 1.49. The van der Waals surface area contributed by atoms with Crippen molar-refractivity contribution in [2.24, 2.45) is 5.73 Å². The molecule has 0 unspecified atom stereocenters. The Labute approximate surface area is 165 Å². The molecule has 0 aliphatic heterocycles. The Morgan fingerprint density at radius 1 is 1.17 bits per heavy atom. The number of hydrogen-bond acceptors (Lipinski definition) is 5. The summed E-state index contributed by atoms with van der Waals surface area (Å²) in [6.07, 6.45) is 5.06. The quantitative estimate of drug-likeness (QED) is 0.289. The number of fused-ring (bicyclic) bond motifs is 1. The van der Waals surface area contributed by atoms with Gasteiger partial charge in [-0.15, -0.1) is 0 Å². The van der Waals surface area contributed by atoms with E-state index in [1.807, 2.05) is 24.3 Å². The zero-order valence-corrected chi connectivity index (χ0v) is 15.5. The molecule has 0 radical (unpaired) electrons. The maximum Gasteiger partial charge on any atom is 0.326 e. The lowest BCUT2D eigenvalue weighted by Gasteiger charge is -2.15. The van der Waals surface area contributed by atoms with E-state index in [1.165, 1.54) is 12.5 Å². The average molecular weight is 398 g/mol. The molecule has 2 atom stereocenters. The third-order valence-electron chi connectivity index (χ3n) is 4.49. The maximum atomic E-state index is 12.2. The molecule has 152 valence electrons. The first kappa shape index (κ1) is 20.1. The number of carboxylic acids is 1. The molecule has 0 bridgehead atoms. The molecule has 2 amide bonds. The Kier molecular flexibility index (Phi) is 6.25. The van der Waals surface area contributed by atoms with Crippen molar-refractivity contribution in [3.63, 3.8) is 0 Å². The molecule has 7 N–H and O–H groups in total. The van der Waals surface area contributed by atoms with Crippen LogP contribution in [0.1, 0.15) is 11.3 Å². The van der Waals surface area contributed by atoms with Gasteiger partial charge < -0.3 is 31.4 Å². The van der Waals surface area contributed by atoms with E-state index in [4.69, 9.17) is 5.73 Å². The number of aromatic nitrogens is 3. The summed E-state index contributed by atoms with van der Waals surface area (Å²) in [5.41, 5.74) is 8.39. The van der Waals surface area contributed by atoms with Crippen molar-refractivity contribution in [3.8, 4) is 0 Å². The highest BCUT2D eigenvalue weighted by molar-refractivity contribution is 5.90. The third kappa shape index (κ3) is 5.20. The number of amides is 2. The number of benzene rings is 1. The van der Waals surface area contributed by atoms with Crippen LogP contribution in [0, 0.1) is 0 Å². The number of imidazole rings is 1. The van der Waals surface area contributed by atoms with E-state index in [1.54, 1.807) is 6.20 Å². The summed E-state index contributed by atoms with van der Waals surface area (Å²) in [7, 11) is 0. The van der Waals surface area contributed by atoms with Gasteiger partial charge in [-0.1, -0.05) is 18.2 Å². The van der Waals surface area contributed by atoms with E-state index < -0.39 is 29.9 Å². The average Bonchev–Trinajstić information content (AvgIpc) is 3.35. The highest BCUT2D eigenvalue weighted by Crippen LogP contribution is 2.18. The second kappa shape index (κ2) is 9.02. The number of carboxylic acid groups (broad SMARTS) is 1. The number of H-pyrrole nitrogens is 2. The van der Waals surface area contributed by atoms with Crippen molar-refractivity contribution in [1.82, 2.24) is 25.6 Å². The van der Waals surface area contributed by atoms with Gasteiger partial charge in [0.15, 0.2) is 0 Å². The maximum absolute atomic E-state index is 12.2. The minimum atomic E-state index is -1.18. The SMILES string of the molecule is N[C@@H](Cc1c[nH]c2ccccc12)C(=O)NCC(=O)N[C@@H](Cc1cnc[nH]1)C(=O)O. The molecule has 3 aromatic rings. The van der Waals surface area contributed by atoms with Crippen LogP contribution in [0.15, 0.2) is 43.0 Å². The van der Waals surface area contributed by atoms with Crippen molar-refractivity contribution in [1.29, 1.82) is 0 Å². The number of rotatable bonds is 9. The lowest BCUT2D eigenvalue weighted by Crippen LogP contribution is -2.49. The second-order valence-electron chi connectivity index (χ2n) is 6.63. The fourth-order valence-electron chi connectivity index (χ4n) is 2.99. The van der Waals surface area contributed by atoms with Gasteiger partial charge in [0.2, 0.25) is 11.8 Å². The summed E-state index contributed by atoms with van der Waals surface area (Å²) >= 11 is 0. The smallest absolute Gasteiger partial charge is 0.326 e. The number of carbonyl (C=O) groups excluding carboxylic acids is 2. The first-order valence-corrected chi connectivity index (χ1v) is 9.01. The van der Waals surface area contributed by atoms with E-state index in [0.29, 0.717) is 12.1 Å². The number of nitrogens with zero attached hydrogens (tertiary/aromatic N) is 1. The monoisotopic (exact) mass is 398 g/mol. The second-order valence-corrected chi connectivity index (χ2v) is 6.63. The number of para-hydroxylation sites is 1. The van der Waals surface area contributed by atoms with Gasteiger partial charge in [0, 0.05) is 35.4 Å². The number of nitrogens with one attached hydrogen (secondary N) is 4. The minimum Gasteiger partial charge on any atom is -0.480 e. The molecular weight excluding hydrogens is 376 g/mol. The van der Waals surface area contributed by atoms with E-state index in [0.717, 1.165) is 16.5 Å². The molecule has 0 spiro atoms. The summed E-state index contributed by atoms with van der Waals surface area (Å²) in [6.45, 7) is -0.368. The molecule has 0 saturated heterocycles. The Hall–Kier alpha value is -3.66. The summed E-state index contributed by atoms with van der Waals surface area (Å²) in [5, 5.41) is 15.1. The minimum absolute atomic E-state index is 0.0507. The number of aromatic amines is 2. The summed E-state index contributed by atoms with van der Waals surface area (Å²) in [4.78, 5) is 45.3. The van der Waals surface area contributed by atoms with Crippen LogP contribution in [0.2, 0.25) is 0 Å². The van der Waals surface area contributed by atoms with Crippen LogP contribution in [0.4, 0.5) is 0 Å². The molecule has 1 aromatic carbocycles. The van der Waals surface area contributed by atoms with Gasteiger partial charge in [-0.05, 0) is 18.1 Å². The van der Waals surface area contributed by atoms with Gasteiger partial charge in [-0.2, -0.15) is 0 Å². The molecule has 0 saturated carbocycles. The molecular formula is C19H22N6O4. The van der Waals surface area contributed by atoms with Crippen LogP contribution >= 0.6 is 0 Å². The van der Waals surface area contributed by atoms with Crippen molar-refractivity contribution in [2.75, 3.05) is 6.54 Å². The summed E-state index contributed by atoms with van der Waals surface area (Å²) in [6, 6.07) is 5.69. The Morgan fingerprint density at radius 2 is 1.97 bits per heavy atom. The largest absolute Gasteiger partial charge is 0.480 e. The Morgan fingerprint density at radius 3 is 2.69 bits per heavy atom. The molecule has 3 rings (SSSR count). The molecule has 29 heavy (non-hydrogen) atoms. The number of hydrogen-bond donors (Lipinski definition) is 6. The van der Waals surface area contributed by atoms with E-state index in [2.05, 4.69) is 25.6 Å². The number of nitrogens with two attached hydrogens (primary N) is 1. The lowest BCUT2D eigenvalue weighted by atomic mass is 10.1. The number of aliphatic carboxylic acids is 1. The van der Waals surface area contributed by atoms with E-state index in [9.17, 15) is 19.5 Å². The Bertz CT molecular complexity index is 997. The van der Waals surface area contributed by atoms with Gasteiger partial charge in [-0.3, -0.25) is 9.59 Å². The third-order valence-corrected chi connectivity index (χ3v) is 4.49. The van der Waals surface area contributed by atoms with E-state index in [-0.39, 0.29) is 13.0 Å². The summed E-state index contributed by atoms with van der Waals surface area (Å²) in [5.74, 6) is -2.30. The van der Waals surface area contributed by atoms with Crippen LogP contribution in [-0.4, -0.2) is 56.5 Å². The van der Waals surface area contributed by atoms with Crippen LogP contribution < -0.4 is 16.4 Å². The predicted molar refractivity (Wildman–Crippen MR) is 105 cm³/mol. The van der Waals surface area contributed by atoms with Gasteiger partial charge >= 0.3 is 5.97 Å². The van der Waals surface area contributed by atoms with Crippen LogP contribution in [0.5, 0.6) is 0 Å². The van der Waals surface area contributed by atoms with Gasteiger partial charge in [-0.25, -0.2) is 9.78 Å². The van der Waals surface area contributed by atoms with Crippen LogP contribution in [-0.2, 0) is 27.2 Å². The van der Waals surface area contributed by atoms with Crippen LogP contribution in [0.3, 0.4) is 0 Å². The lowest BCUT2D eigenvalue weighted by molar-refractivity contribution is -0.141. The van der Waals surface area contributed by atoms with Crippen LogP contribution in [0.25, 0.3) is 10.9 Å². The summed E-state index contributed by atoms with van der Waals surface area (Å²) < 4.78 is 0. The van der Waals surface area contributed by atoms with Gasteiger partial charge in [0.25, 0.3) is 0 Å². The standard InChI is InChI=1S/C19H22N6O4/c20-14(5-11-7-22-15-4-2-1-3-13(11)15)18(27)23-9-17(26)25-16(19(28)29)6-12-8-21-10-24-12/h1-4,7-8,10,14,16,22H,5-6,9,20H2,(H,21,24)(H,23,27)(H,25,26)(H,28,29)/t14-,16-/m0/s1. The van der Waals surface area contributed by atoms with Gasteiger partial charge in [0.1, 0.15) is 6.04 Å².